The minimum Gasteiger partial charge on any atom is -0.404 e. The molecular formula is C17H31Cl2O7PSi2. The van der Waals surface area contributed by atoms with Gasteiger partial charge in [0, 0.05) is 16.1 Å². The maximum absolute atomic E-state index is 11.4. The zero-order chi connectivity index (χ0) is 22.7. The molecule has 1 aromatic carbocycles. The van der Waals surface area contributed by atoms with E-state index in [9.17, 15) is 19.5 Å². The van der Waals surface area contributed by atoms with Crippen LogP contribution >= 0.6 is 31.0 Å². The molecule has 3 N–H and O–H groups in total. The molecule has 0 unspecified atom stereocenters. The highest BCUT2D eigenvalue weighted by molar-refractivity contribution is 7.46. The van der Waals surface area contributed by atoms with Gasteiger partial charge in [0.05, 0.1) is 23.3 Å². The Balaban J connectivity index is 3.35. The zero-order valence-electron chi connectivity index (χ0n) is 17.7. The molecule has 0 aliphatic carbocycles. The molecule has 0 bridgehead atoms. The second-order valence-electron chi connectivity index (χ2n) is 9.22. The Morgan fingerprint density at radius 3 is 1.79 bits per heavy atom. The van der Waals surface area contributed by atoms with Crippen molar-refractivity contribution in [2.45, 2.75) is 57.3 Å². The van der Waals surface area contributed by atoms with E-state index in [4.69, 9.17) is 37.2 Å². The Bertz CT molecular complexity index is 725. The highest BCUT2D eigenvalue weighted by atomic mass is 35.5. The van der Waals surface area contributed by atoms with E-state index >= 15 is 0 Å². The summed E-state index contributed by atoms with van der Waals surface area (Å²) in [7, 11) is -7.92. The molecule has 0 amide bonds. The summed E-state index contributed by atoms with van der Waals surface area (Å²) in [6.45, 7) is 13.2. The van der Waals surface area contributed by atoms with Crippen molar-refractivity contribution in [3.8, 4) is 5.75 Å². The molecule has 0 heterocycles. The predicted molar refractivity (Wildman–Crippen MR) is 121 cm³/mol. The fourth-order valence-corrected chi connectivity index (χ4v) is 4.48. The first-order chi connectivity index (χ1) is 12.9. The van der Waals surface area contributed by atoms with Gasteiger partial charge in [-0.3, -0.25) is 9.79 Å². The van der Waals surface area contributed by atoms with Crippen LogP contribution in [0.15, 0.2) is 12.1 Å². The Morgan fingerprint density at radius 2 is 1.41 bits per heavy atom. The van der Waals surface area contributed by atoms with Gasteiger partial charge in [0.2, 0.25) is 0 Å². The molecule has 1 aromatic rings. The van der Waals surface area contributed by atoms with Crippen LogP contribution in [0.4, 0.5) is 0 Å². The van der Waals surface area contributed by atoms with Crippen molar-refractivity contribution < 1.29 is 33.5 Å². The molecular weight excluding hydrogens is 474 g/mol. The Labute approximate surface area is 184 Å². The molecule has 0 fully saturated rings. The third kappa shape index (κ3) is 9.82. The van der Waals surface area contributed by atoms with Crippen LogP contribution in [0.2, 0.25) is 61.4 Å². The predicted octanol–water partition coefficient (Wildman–Crippen LogP) is 5.28. The quantitative estimate of drug-likeness (QED) is 0.214. The van der Waals surface area contributed by atoms with Gasteiger partial charge in [-0.25, -0.2) is 4.57 Å². The molecule has 0 radical (unpaired) electrons. The second-order valence-corrected chi connectivity index (χ2v) is 22.4. The van der Waals surface area contributed by atoms with Crippen LogP contribution in [0.25, 0.3) is 0 Å². The number of aliphatic hydroxyl groups is 1. The van der Waals surface area contributed by atoms with Gasteiger partial charge in [-0.15, -0.1) is 0 Å². The standard InChI is InChI=1S/C17H31Cl2O7PSi2/c1-28(2,3)11-9-24-17(20,25-10-12-29(4,5)6)15-14(26-27(21,22)23)8-7-13(18)16(15)19/h7-8,20H,9-12H2,1-6H3,(H2,21,22,23). The number of benzene rings is 1. The number of ether oxygens (including phenoxy) is 2. The molecule has 12 heteroatoms. The molecule has 168 valence electrons. The number of halogens is 2. The van der Waals surface area contributed by atoms with E-state index in [1.54, 1.807) is 0 Å². The molecule has 0 saturated heterocycles. The van der Waals surface area contributed by atoms with Crippen LogP contribution in [0.3, 0.4) is 0 Å². The SMILES string of the molecule is C[Si](C)(C)CCOC(O)(OCC[Si](C)(C)C)c1c(OP(=O)(O)O)ccc(Cl)c1Cl. The van der Waals surface area contributed by atoms with Crippen molar-refractivity contribution in [1.82, 2.24) is 0 Å². The lowest BCUT2D eigenvalue weighted by atomic mass is 10.1. The number of phosphoric ester groups is 1. The summed E-state index contributed by atoms with van der Waals surface area (Å²) in [5.41, 5.74) is -0.263. The van der Waals surface area contributed by atoms with E-state index in [-0.39, 0.29) is 34.6 Å². The van der Waals surface area contributed by atoms with E-state index in [1.165, 1.54) is 12.1 Å². The molecule has 0 aromatic heterocycles. The molecule has 0 saturated carbocycles. The monoisotopic (exact) mass is 504 g/mol. The van der Waals surface area contributed by atoms with Gasteiger partial charge >= 0.3 is 13.8 Å². The van der Waals surface area contributed by atoms with Crippen LogP contribution in [0.5, 0.6) is 5.75 Å². The summed E-state index contributed by atoms with van der Waals surface area (Å²) < 4.78 is 27.6. The normalized spacial score (nSPS) is 13.6. The highest BCUT2D eigenvalue weighted by Gasteiger charge is 2.40. The van der Waals surface area contributed by atoms with Crippen molar-refractivity contribution in [1.29, 1.82) is 0 Å². The molecule has 7 nitrogen and oxygen atoms in total. The number of hydrogen-bond acceptors (Lipinski definition) is 5. The van der Waals surface area contributed by atoms with Gasteiger partial charge in [-0.1, -0.05) is 62.5 Å². The van der Waals surface area contributed by atoms with Gasteiger partial charge in [-0.05, 0) is 24.2 Å². The smallest absolute Gasteiger partial charge is 0.404 e. The maximum Gasteiger partial charge on any atom is 0.524 e. The summed E-state index contributed by atoms with van der Waals surface area (Å²) >= 11 is 12.4. The largest absolute Gasteiger partial charge is 0.524 e. The van der Waals surface area contributed by atoms with Gasteiger partial charge in [0.1, 0.15) is 11.3 Å². The minimum absolute atomic E-state index is 0.0562. The molecule has 1 rings (SSSR count). The van der Waals surface area contributed by atoms with E-state index in [2.05, 4.69) is 39.3 Å². The van der Waals surface area contributed by atoms with E-state index in [1.807, 2.05) is 0 Å². The lowest BCUT2D eigenvalue weighted by molar-refractivity contribution is -0.370. The van der Waals surface area contributed by atoms with Crippen LogP contribution in [0.1, 0.15) is 5.56 Å². The summed E-state index contributed by atoms with van der Waals surface area (Å²) in [6.07, 6.45) is 0. The fourth-order valence-electron chi connectivity index (χ4n) is 2.21. The van der Waals surface area contributed by atoms with Gasteiger partial charge in [-0.2, -0.15) is 0 Å². The topological polar surface area (TPSA) is 105 Å². The summed E-state index contributed by atoms with van der Waals surface area (Å²) in [4.78, 5) is 18.5. The van der Waals surface area contributed by atoms with E-state index in [0.717, 1.165) is 12.1 Å². The van der Waals surface area contributed by atoms with Gasteiger partial charge < -0.3 is 19.1 Å². The first-order valence-electron chi connectivity index (χ1n) is 9.17. The summed E-state index contributed by atoms with van der Waals surface area (Å²) in [5.74, 6) is -2.73. The minimum atomic E-state index is -4.93. The second kappa shape index (κ2) is 10.1. The molecule has 0 aliphatic rings. The highest BCUT2D eigenvalue weighted by Crippen LogP contribution is 2.47. The molecule has 0 aliphatic heterocycles. The fraction of sp³-hybridized carbons (Fsp3) is 0.647. The molecule has 0 spiro atoms. The van der Waals surface area contributed by atoms with E-state index in [0.29, 0.717) is 0 Å². The van der Waals surface area contributed by atoms with Crippen molar-refractivity contribution in [3.63, 3.8) is 0 Å². The number of rotatable bonds is 11. The molecule has 0 atom stereocenters. The van der Waals surface area contributed by atoms with Gasteiger partial charge in [0.15, 0.2) is 0 Å². The third-order valence-electron chi connectivity index (χ3n) is 3.89. The first kappa shape index (κ1) is 27.1. The van der Waals surface area contributed by atoms with Crippen molar-refractivity contribution in [2.24, 2.45) is 0 Å². The Hall–Kier alpha value is 0.0638. The Kier molecular flexibility index (Phi) is 9.46. The third-order valence-corrected chi connectivity index (χ3v) is 8.54. The summed E-state index contributed by atoms with van der Waals surface area (Å²) in [5, 5.41) is 11.2. The lowest BCUT2D eigenvalue weighted by Gasteiger charge is -2.32. The van der Waals surface area contributed by atoms with Crippen molar-refractivity contribution in [3.05, 3.63) is 27.7 Å². The average Bonchev–Trinajstić information content (AvgIpc) is 2.47. The first-order valence-corrected chi connectivity index (χ1v) is 18.9. The van der Waals surface area contributed by atoms with Crippen molar-refractivity contribution in [2.75, 3.05) is 13.2 Å². The number of phosphoric acid groups is 1. The van der Waals surface area contributed by atoms with Crippen LogP contribution in [-0.2, 0) is 20.0 Å². The maximum atomic E-state index is 11.4. The van der Waals surface area contributed by atoms with E-state index < -0.39 is 29.9 Å². The number of hydrogen-bond donors (Lipinski definition) is 3. The van der Waals surface area contributed by atoms with Crippen LogP contribution in [0, 0.1) is 0 Å². The molecule has 29 heavy (non-hydrogen) atoms. The lowest BCUT2D eigenvalue weighted by Crippen LogP contribution is -2.37. The Morgan fingerprint density at radius 1 is 0.966 bits per heavy atom. The van der Waals surface area contributed by atoms with Crippen molar-refractivity contribution >= 4 is 47.2 Å². The average molecular weight is 505 g/mol. The zero-order valence-corrected chi connectivity index (χ0v) is 22.1. The van der Waals surface area contributed by atoms with Crippen LogP contribution in [-0.4, -0.2) is 44.3 Å². The van der Waals surface area contributed by atoms with Crippen LogP contribution < -0.4 is 4.52 Å². The van der Waals surface area contributed by atoms with Gasteiger partial charge in [0.25, 0.3) is 0 Å². The summed E-state index contributed by atoms with van der Waals surface area (Å²) in [6, 6.07) is 3.96.